The van der Waals surface area contributed by atoms with Crippen molar-refractivity contribution in [3.63, 3.8) is 0 Å². The largest absolute Gasteiger partial charge is 0.432 e. The number of nitrogens with one attached hydrogen (secondary N) is 1. The third kappa shape index (κ3) is 3.12. The summed E-state index contributed by atoms with van der Waals surface area (Å²) in [5, 5.41) is 13.8. The van der Waals surface area contributed by atoms with Crippen LogP contribution in [0.25, 0.3) is 0 Å². The Morgan fingerprint density at radius 3 is 2.95 bits per heavy atom. The maximum absolute atomic E-state index is 10.9. The van der Waals surface area contributed by atoms with Gasteiger partial charge < -0.3 is 10.1 Å². The van der Waals surface area contributed by atoms with E-state index < -0.39 is 4.92 Å². The molecule has 1 N–H and O–H groups in total. The molecule has 0 amide bonds. The Balaban J connectivity index is 2.35. The van der Waals surface area contributed by atoms with Gasteiger partial charge in [-0.15, -0.1) is 0 Å². The van der Waals surface area contributed by atoms with Gasteiger partial charge in [0.1, 0.15) is 11.9 Å². The van der Waals surface area contributed by atoms with Crippen LogP contribution >= 0.6 is 0 Å². The first-order chi connectivity index (χ1) is 9.20. The van der Waals surface area contributed by atoms with Gasteiger partial charge in [0.25, 0.3) is 0 Å². The minimum absolute atomic E-state index is 0.121. The number of nitro groups is 1. The van der Waals surface area contributed by atoms with Gasteiger partial charge in [0.05, 0.1) is 11.1 Å². The molecule has 2 heterocycles. The van der Waals surface area contributed by atoms with E-state index in [9.17, 15) is 10.1 Å². The molecule has 0 fully saturated rings. The Bertz CT molecular complexity index is 576. The van der Waals surface area contributed by atoms with Crippen molar-refractivity contribution in [2.45, 2.75) is 6.92 Å². The number of hydrogen-bond acceptors (Lipinski definition) is 7. The Morgan fingerprint density at radius 2 is 2.32 bits per heavy atom. The number of anilines is 1. The molecule has 0 unspecified atom stereocenters. The molecule has 0 spiro atoms. The Labute approximate surface area is 108 Å². The molecule has 0 saturated carbocycles. The molecule has 0 saturated heterocycles. The summed E-state index contributed by atoms with van der Waals surface area (Å²) < 4.78 is 5.36. The van der Waals surface area contributed by atoms with Crippen molar-refractivity contribution in [2.75, 3.05) is 11.9 Å². The van der Waals surface area contributed by atoms with E-state index in [1.807, 2.05) is 6.92 Å². The van der Waals surface area contributed by atoms with Gasteiger partial charge in [0.15, 0.2) is 0 Å². The van der Waals surface area contributed by atoms with Gasteiger partial charge in [-0.25, -0.2) is 4.98 Å². The van der Waals surface area contributed by atoms with Crippen molar-refractivity contribution in [1.82, 2.24) is 15.0 Å². The van der Waals surface area contributed by atoms with E-state index in [0.29, 0.717) is 12.3 Å². The van der Waals surface area contributed by atoms with Crippen LogP contribution < -0.4 is 10.1 Å². The van der Waals surface area contributed by atoms with E-state index in [-0.39, 0.29) is 17.5 Å². The molecule has 8 heteroatoms. The number of nitrogens with zero attached hydrogens (tertiary/aromatic N) is 4. The Kier molecular flexibility index (Phi) is 3.81. The molecule has 0 aliphatic carbocycles. The zero-order chi connectivity index (χ0) is 13.7. The zero-order valence-electron chi connectivity index (χ0n) is 10.1. The quantitative estimate of drug-likeness (QED) is 0.648. The summed E-state index contributed by atoms with van der Waals surface area (Å²) in [7, 11) is 0. The normalized spacial score (nSPS) is 9.95. The van der Waals surface area contributed by atoms with Crippen molar-refractivity contribution >= 4 is 11.6 Å². The summed E-state index contributed by atoms with van der Waals surface area (Å²) in [6, 6.07) is 3.29. The molecule has 8 nitrogen and oxygen atoms in total. The van der Waals surface area contributed by atoms with Crippen LogP contribution in [0.5, 0.6) is 11.6 Å². The lowest BCUT2D eigenvalue weighted by Gasteiger charge is -2.06. The van der Waals surface area contributed by atoms with Crippen LogP contribution in [-0.4, -0.2) is 26.4 Å². The number of aromatic nitrogens is 3. The molecule has 0 atom stereocenters. The van der Waals surface area contributed by atoms with Gasteiger partial charge in [-0.3, -0.25) is 15.1 Å². The predicted octanol–water partition coefficient (Wildman–Crippen LogP) is 2.00. The van der Waals surface area contributed by atoms with Crippen molar-refractivity contribution < 1.29 is 9.66 Å². The zero-order valence-corrected chi connectivity index (χ0v) is 10.1. The lowest BCUT2D eigenvalue weighted by molar-refractivity contribution is -0.386. The van der Waals surface area contributed by atoms with Crippen LogP contribution in [0.15, 0.2) is 30.7 Å². The van der Waals surface area contributed by atoms with Crippen LogP contribution in [0.1, 0.15) is 6.92 Å². The molecular weight excluding hydrogens is 250 g/mol. The SMILES string of the molecule is CCNc1ncc([N+](=O)[O-])c(Oc2cccnc2)n1. The van der Waals surface area contributed by atoms with E-state index in [0.717, 1.165) is 6.20 Å². The molecule has 98 valence electrons. The second-order valence-corrected chi connectivity index (χ2v) is 3.46. The summed E-state index contributed by atoms with van der Waals surface area (Å²) in [5.41, 5.74) is -0.300. The highest BCUT2D eigenvalue weighted by Crippen LogP contribution is 2.28. The molecule has 19 heavy (non-hydrogen) atoms. The van der Waals surface area contributed by atoms with E-state index in [1.165, 1.54) is 6.20 Å². The predicted molar refractivity (Wildman–Crippen MR) is 67.2 cm³/mol. The van der Waals surface area contributed by atoms with E-state index >= 15 is 0 Å². The number of pyridine rings is 1. The summed E-state index contributed by atoms with van der Waals surface area (Å²) in [6.07, 6.45) is 4.13. The topological polar surface area (TPSA) is 103 Å². The molecule has 2 rings (SSSR count). The molecule has 0 aromatic carbocycles. The van der Waals surface area contributed by atoms with Crippen molar-refractivity contribution in [3.8, 4) is 11.6 Å². The lowest BCUT2D eigenvalue weighted by atomic mass is 10.4. The molecule has 2 aromatic heterocycles. The van der Waals surface area contributed by atoms with Crippen LogP contribution in [0, 0.1) is 10.1 Å². The van der Waals surface area contributed by atoms with Crippen molar-refractivity contribution in [3.05, 3.63) is 40.8 Å². The molecular formula is C11H11N5O3. The summed E-state index contributed by atoms with van der Waals surface area (Å²) in [4.78, 5) is 22.0. The first kappa shape index (κ1) is 12.7. The van der Waals surface area contributed by atoms with E-state index in [1.54, 1.807) is 18.3 Å². The summed E-state index contributed by atoms with van der Waals surface area (Å²) >= 11 is 0. The number of rotatable bonds is 5. The van der Waals surface area contributed by atoms with Crippen LogP contribution in [-0.2, 0) is 0 Å². The van der Waals surface area contributed by atoms with Gasteiger partial charge in [-0.05, 0) is 19.1 Å². The van der Waals surface area contributed by atoms with Gasteiger partial charge in [0, 0.05) is 12.7 Å². The van der Waals surface area contributed by atoms with Gasteiger partial charge in [0.2, 0.25) is 5.95 Å². The molecule has 2 aromatic rings. The molecule has 0 radical (unpaired) electrons. The Hall–Kier alpha value is -2.77. The van der Waals surface area contributed by atoms with E-state index in [4.69, 9.17) is 4.74 Å². The first-order valence-corrected chi connectivity index (χ1v) is 5.54. The standard InChI is InChI=1S/C11H11N5O3/c1-2-13-11-14-7-9(16(17)18)10(15-11)19-8-4-3-5-12-6-8/h3-7H,2H2,1H3,(H,13,14,15). The second kappa shape index (κ2) is 5.71. The highest BCUT2D eigenvalue weighted by Gasteiger charge is 2.19. The maximum atomic E-state index is 10.9. The monoisotopic (exact) mass is 261 g/mol. The van der Waals surface area contributed by atoms with E-state index in [2.05, 4.69) is 20.3 Å². The highest BCUT2D eigenvalue weighted by atomic mass is 16.6. The molecule has 0 aliphatic heterocycles. The Morgan fingerprint density at radius 1 is 1.47 bits per heavy atom. The second-order valence-electron chi connectivity index (χ2n) is 3.46. The van der Waals surface area contributed by atoms with Crippen molar-refractivity contribution in [2.24, 2.45) is 0 Å². The van der Waals surface area contributed by atoms with Crippen LogP contribution in [0.2, 0.25) is 0 Å². The fourth-order valence-electron chi connectivity index (χ4n) is 1.32. The fourth-order valence-corrected chi connectivity index (χ4v) is 1.32. The first-order valence-electron chi connectivity index (χ1n) is 5.54. The average Bonchev–Trinajstić information content (AvgIpc) is 2.40. The maximum Gasteiger partial charge on any atom is 0.349 e. The third-order valence-corrected chi connectivity index (χ3v) is 2.12. The molecule has 0 aliphatic rings. The summed E-state index contributed by atoms with van der Waals surface area (Å²) in [5.74, 6) is 0.516. The van der Waals surface area contributed by atoms with Gasteiger partial charge in [-0.1, -0.05) is 0 Å². The smallest absolute Gasteiger partial charge is 0.349 e. The lowest BCUT2D eigenvalue weighted by Crippen LogP contribution is -2.05. The number of hydrogen-bond donors (Lipinski definition) is 1. The fraction of sp³-hybridized carbons (Fsp3) is 0.182. The van der Waals surface area contributed by atoms with Crippen LogP contribution in [0.4, 0.5) is 11.6 Å². The number of ether oxygens (including phenoxy) is 1. The minimum atomic E-state index is -0.596. The third-order valence-electron chi connectivity index (χ3n) is 2.12. The molecule has 0 bridgehead atoms. The highest BCUT2D eigenvalue weighted by molar-refractivity contribution is 5.45. The van der Waals surface area contributed by atoms with Crippen LogP contribution in [0.3, 0.4) is 0 Å². The minimum Gasteiger partial charge on any atom is -0.432 e. The van der Waals surface area contributed by atoms with Crippen molar-refractivity contribution in [1.29, 1.82) is 0 Å². The van der Waals surface area contributed by atoms with Gasteiger partial charge in [-0.2, -0.15) is 4.98 Å². The summed E-state index contributed by atoms with van der Waals surface area (Å²) in [6.45, 7) is 2.47. The average molecular weight is 261 g/mol. The van der Waals surface area contributed by atoms with Gasteiger partial charge >= 0.3 is 11.6 Å².